The summed E-state index contributed by atoms with van der Waals surface area (Å²) in [6.45, 7) is -0.0876. The van der Waals surface area contributed by atoms with Gasteiger partial charge in [0.2, 0.25) is 11.8 Å². The van der Waals surface area contributed by atoms with Crippen molar-refractivity contribution in [3.05, 3.63) is 59.7 Å². The zero-order valence-corrected chi connectivity index (χ0v) is 18.9. The van der Waals surface area contributed by atoms with Crippen LogP contribution in [0.2, 0.25) is 0 Å². The number of aryl methyl sites for hydroxylation is 1. The molecule has 4 amide bonds. The molecule has 7 nitrogen and oxygen atoms in total. The van der Waals surface area contributed by atoms with Crippen LogP contribution in [0.15, 0.2) is 48.5 Å². The van der Waals surface area contributed by atoms with Crippen molar-refractivity contribution in [3.63, 3.8) is 0 Å². The number of thioether (sulfide) groups is 1. The van der Waals surface area contributed by atoms with Crippen LogP contribution >= 0.6 is 11.8 Å². The molecule has 0 spiro atoms. The summed E-state index contributed by atoms with van der Waals surface area (Å²) in [5, 5.41) is 8.81. The summed E-state index contributed by atoms with van der Waals surface area (Å²) in [5.74, 6) is 0.281. The highest BCUT2D eigenvalue weighted by Crippen LogP contribution is 2.30. The van der Waals surface area contributed by atoms with Crippen molar-refractivity contribution in [3.8, 4) is 0 Å². The fourth-order valence-corrected chi connectivity index (χ4v) is 4.79. The van der Waals surface area contributed by atoms with Gasteiger partial charge in [-0.2, -0.15) is 11.8 Å². The van der Waals surface area contributed by atoms with E-state index in [9.17, 15) is 14.4 Å². The lowest BCUT2D eigenvalue weighted by atomic mass is 9.87. The van der Waals surface area contributed by atoms with E-state index in [1.807, 2.05) is 24.5 Å². The highest BCUT2D eigenvalue weighted by Gasteiger charge is 2.31. The van der Waals surface area contributed by atoms with E-state index in [0.29, 0.717) is 17.8 Å². The Balaban J connectivity index is 1.49. The molecule has 0 unspecified atom stereocenters. The predicted octanol–water partition coefficient (Wildman–Crippen LogP) is 3.47. The van der Waals surface area contributed by atoms with Gasteiger partial charge in [-0.1, -0.05) is 36.4 Å². The van der Waals surface area contributed by atoms with Crippen molar-refractivity contribution in [1.29, 1.82) is 0 Å². The average Bonchev–Trinajstić information content (AvgIpc) is 2.81. The van der Waals surface area contributed by atoms with Crippen LogP contribution < -0.4 is 20.9 Å². The van der Waals surface area contributed by atoms with Gasteiger partial charge in [-0.25, -0.2) is 4.79 Å². The minimum atomic E-state index is -0.679. The Bertz CT molecular complexity index is 1010. The van der Waals surface area contributed by atoms with Gasteiger partial charge in [0.05, 0.1) is 17.4 Å². The van der Waals surface area contributed by atoms with Crippen LogP contribution in [0.5, 0.6) is 0 Å². The number of amides is 4. The molecular formula is C24H28N4O3S. The SMILES string of the molecule is CSCC[C@H](NC(=O)N1CC(=O)Nc2ccccc21)C(=O)N[C@H]1CCCc2ccccc21. The number of urea groups is 1. The van der Waals surface area contributed by atoms with Crippen LogP contribution in [-0.2, 0) is 16.0 Å². The summed E-state index contributed by atoms with van der Waals surface area (Å²) < 4.78 is 0. The van der Waals surface area contributed by atoms with Crippen molar-refractivity contribution in [1.82, 2.24) is 10.6 Å². The minimum Gasteiger partial charge on any atom is -0.348 e. The maximum absolute atomic E-state index is 13.2. The van der Waals surface area contributed by atoms with E-state index in [1.165, 1.54) is 10.5 Å². The molecule has 1 heterocycles. The van der Waals surface area contributed by atoms with Crippen molar-refractivity contribution in [2.75, 3.05) is 28.8 Å². The van der Waals surface area contributed by atoms with Gasteiger partial charge in [0.25, 0.3) is 0 Å². The number of carbonyl (C=O) groups is 3. The van der Waals surface area contributed by atoms with Crippen LogP contribution in [0, 0.1) is 0 Å². The maximum atomic E-state index is 13.2. The number of carbonyl (C=O) groups excluding carboxylic acids is 3. The highest BCUT2D eigenvalue weighted by atomic mass is 32.2. The highest BCUT2D eigenvalue weighted by molar-refractivity contribution is 7.98. The third kappa shape index (κ3) is 4.91. The Kier molecular flexibility index (Phi) is 6.99. The molecule has 0 radical (unpaired) electrons. The zero-order chi connectivity index (χ0) is 22.5. The molecule has 0 saturated carbocycles. The van der Waals surface area contributed by atoms with Crippen LogP contribution in [0.3, 0.4) is 0 Å². The fraction of sp³-hybridized carbons (Fsp3) is 0.375. The van der Waals surface area contributed by atoms with Gasteiger partial charge in [-0.3, -0.25) is 14.5 Å². The molecule has 2 aromatic rings. The number of hydrogen-bond donors (Lipinski definition) is 3. The molecule has 32 heavy (non-hydrogen) atoms. The van der Waals surface area contributed by atoms with E-state index in [-0.39, 0.29) is 24.4 Å². The van der Waals surface area contributed by atoms with E-state index in [2.05, 4.69) is 28.1 Å². The van der Waals surface area contributed by atoms with Gasteiger partial charge in [0.1, 0.15) is 12.6 Å². The molecule has 1 aliphatic carbocycles. The Labute approximate surface area is 192 Å². The van der Waals surface area contributed by atoms with Crippen LogP contribution in [-0.4, -0.2) is 42.4 Å². The molecule has 2 aromatic carbocycles. The van der Waals surface area contributed by atoms with Crippen LogP contribution in [0.4, 0.5) is 16.2 Å². The zero-order valence-electron chi connectivity index (χ0n) is 18.1. The Morgan fingerprint density at radius 1 is 1.19 bits per heavy atom. The quantitative estimate of drug-likeness (QED) is 0.626. The van der Waals surface area contributed by atoms with Gasteiger partial charge in [0.15, 0.2) is 0 Å². The number of hydrogen-bond acceptors (Lipinski definition) is 4. The molecule has 0 aromatic heterocycles. The number of nitrogens with one attached hydrogen (secondary N) is 3. The smallest absolute Gasteiger partial charge is 0.323 e. The molecule has 2 atom stereocenters. The molecule has 0 saturated heterocycles. The largest absolute Gasteiger partial charge is 0.348 e. The summed E-state index contributed by atoms with van der Waals surface area (Å²) in [7, 11) is 0. The lowest BCUT2D eigenvalue weighted by Crippen LogP contribution is -2.54. The minimum absolute atomic E-state index is 0.0531. The normalized spacial score (nSPS) is 18.1. The first kappa shape index (κ1) is 22.2. The fourth-order valence-electron chi connectivity index (χ4n) is 4.32. The van der Waals surface area contributed by atoms with Crippen molar-refractivity contribution in [2.45, 2.75) is 37.8 Å². The summed E-state index contributed by atoms with van der Waals surface area (Å²) in [5.41, 5.74) is 3.63. The summed E-state index contributed by atoms with van der Waals surface area (Å²) in [4.78, 5) is 39.8. The summed E-state index contributed by atoms with van der Waals surface area (Å²) >= 11 is 1.62. The molecule has 168 valence electrons. The van der Waals surface area contributed by atoms with E-state index >= 15 is 0 Å². The molecule has 1 aliphatic heterocycles. The Hall–Kier alpha value is -3.00. The van der Waals surface area contributed by atoms with Gasteiger partial charge >= 0.3 is 6.03 Å². The molecular weight excluding hydrogens is 424 g/mol. The first-order valence-electron chi connectivity index (χ1n) is 10.9. The summed E-state index contributed by atoms with van der Waals surface area (Å²) in [6, 6.07) is 14.2. The number of benzene rings is 2. The van der Waals surface area contributed by atoms with E-state index in [1.54, 1.807) is 30.0 Å². The topological polar surface area (TPSA) is 90.5 Å². The standard InChI is InChI=1S/C24H28N4O3S/c1-32-14-13-20(23(30)26-18-11-6-8-16-7-2-3-9-17(16)18)27-24(31)28-15-22(29)25-19-10-4-5-12-21(19)28/h2-5,7,9-10,12,18,20H,6,8,11,13-15H2,1H3,(H,25,29)(H,26,30)(H,27,31)/t18-,20-/m0/s1. The van der Waals surface area contributed by atoms with Gasteiger partial charge in [0, 0.05) is 0 Å². The Morgan fingerprint density at radius 3 is 2.81 bits per heavy atom. The maximum Gasteiger partial charge on any atom is 0.323 e. The molecule has 8 heteroatoms. The number of fused-ring (bicyclic) bond motifs is 2. The van der Waals surface area contributed by atoms with Gasteiger partial charge in [-0.15, -0.1) is 0 Å². The molecule has 3 N–H and O–H groups in total. The van der Waals surface area contributed by atoms with E-state index < -0.39 is 12.1 Å². The Morgan fingerprint density at radius 2 is 1.97 bits per heavy atom. The number of para-hydroxylation sites is 2. The average molecular weight is 453 g/mol. The predicted molar refractivity (Wildman–Crippen MR) is 128 cm³/mol. The second-order valence-electron chi connectivity index (χ2n) is 8.09. The van der Waals surface area contributed by atoms with Crippen molar-refractivity contribution < 1.29 is 14.4 Å². The van der Waals surface area contributed by atoms with Gasteiger partial charge in [-0.05, 0) is 61.0 Å². The second kappa shape index (κ2) is 10.1. The third-order valence-electron chi connectivity index (χ3n) is 5.93. The first-order valence-corrected chi connectivity index (χ1v) is 12.3. The monoisotopic (exact) mass is 452 g/mol. The van der Waals surface area contributed by atoms with Crippen molar-refractivity contribution in [2.24, 2.45) is 0 Å². The number of nitrogens with zero attached hydrogens (tertiary/aromatic N) is 1. The van der Waals surface area contributed by atoms with E-state index in [4.69, 9.17) is 0 Å². The summed E-state index contributed by atoms with van der Waals surface area (Å²) in [6.07, 6.45) is 5.40. The molecule has 2 aliphatic rings. The van der Waals surface area contributed by atoms with Gasteiger partial charge < -0.3 is 16.0 Å². The van der Waals surface area contributed by atoms with Crippen LogP contribution in [0.25, 0.3) is 0 Å². The number of anilines is 2. The second-order valence-corrected chi connectivity index (χ2v) is 9.07. The number of rotatable bonds is 6. The molecule has 0 bridgehead atoms. The molecule has 4 rings (SSSR count). The third-order valence-corrected chi connectivity index (χ3v) is 6.57. The van der Waals surface area contributed by atoms with E-state index in [0.717, 1.165) is 30.6 Å². The first-order chi connectivity index (χ1) is 15.6. The molecule has 0 fully saturated rings. The lowest BCUT2D eigenvalue weighted by molar-refractivity contribution is -0.123. The van der Waals surface area contributed by atoms with Crippen molar-refractivity contribution >= 4 is 41.0 Å². The van der Waals surface area contributed by atoms with Crippen LogP contribution in [0.1, 0.15) is 36.4 Å². The lowest BCUT2D eigenvalue weighted by Gasteiger charge is -2.32.